The van der Waals surface area contributed by atoms with Gasteiger partial charge in [0.15, 0.2) is 5.78 Å². The summed E-state index contributed by atoms with van der Waals surface area (Å²) in [5.74, 6) is 0.0975. The number of Topliss-reactive ketones (excluding diaryl/α,β-unsaturated/α-hetero) is 1. The van der Waals surface area contributed by atoms with Gasteiger partial charge in [-0.1, -0.05) is 54.6 Å². The lowest BCUT2D eigenvalue weighted by atomic mass is 9.78. The number of amides is 1. The Bertz CT molecular complexity index is 819. The van der Waals surface area contributed by atoms with Crippen molar-refractivity contribution in [3.8, 4) is 11.1 Å². The first kappa shape index (κ1) is 14.9. The summed E-state index contributed by atoms with van der Waals surface area (Å²) in [4.78, 5) is 24.4. The van der Waals surface area contributed by atoms with E-state index in [4.69, 9.17) is 0 Å². The predicted molar refractivity (Wildman–Crippen MR) is 93.3 cm³/mol. The van der Waals surface area contributed by atoms with Crippen molar-refractivity contribution in [2.24, 2.45) is 0 Å². The van der Waals surface area contributed by atoms with Crippen LogP contribution in [0.25, 0.3) is 11.1 Å². The quantitative estimate of drug-likeness (QED) is 0.911. The van der Waals surface area contributed by atoms with Crippen molar-refractivity contribution in [1.29, 1.82) is 0 Å². The molecule has 120 valence electrons. The van der Waals surface area contributed by atoms with Crippen LogP contribution >= 0.6 is 0 Å². The zero-order valence-electron chi connectivity index (χ0n) is 13.4. The van der Waals surface area contributed by atoms with Crippen molar-refractivity contribution in [1.82, 2.24) is 5.32 Å². The molecule has 2 aromatic carbocycles. The van der Waals surface area contributed by atoms with Crippen LogP contribution in [0.1, 0.15) is 37.2 Å². The van der Waals surface area contributed by atoms with E-state index >= 15 is 0 Å². The second-order valence-corrected chi connectivity index (χ2v) is 6.46. The van der Waals surface area contributed by atoms with E-state index in [2.05, 4.69) is 41.7 Å². The molecule has 1 aliphatic carbocycles. The molecule has 0 spiro atoms. The highest BCUT2D eigenvalue weighted by Crippen LogP contribution is 2.38. The van der Waals surface area contributed by atoms with Crippen molar-refractivity contribution in [3.63, 3.8) is 0 Å². The van der Waals surface area contributed by atoms with E-state index in [0.29, 0.717) is 12.8 Å². The summed E-state index contributed by atoms with van der Waals surface area (Å²) in [5.41, 5.74) is 5.03. The summed E-state index contributed by atoms with van der Waals surface area (Å²) in [5, 5.41) is 2.91. The number of hydrogen-bond acceptors (Lipinski definition) is 2. The Morgan fingerprint density at radius 2 is 1.54 bits per heavy atom. The zero-order chi connectivity index (χ0) is 16.5. The fourth-order valence-corrected chi connectivity index (χ4v) is 3.73. The molecule has 1 amide bonds. The van der Waals surface area contributed by atoms with Gasteiger partial charge in [0.1, 0.15) is 0 Å². The highest BCUT2D eigenvalue weighted by atomic mass is 16.2. The highest BCUT2D eigenvalue weighted by Gasteiger charge is 2.34. The van der Waals surface area contributed by atoms with E-state index in [-0.39, 0.29) is 17.6 Å². The van der Waals surface area contributed by atoms with Crippen LogP contribution in [0.3, 0.4) is 0 Å². The van der Waals surface area contributed by atoms with Gasteiger partial charge in [0.05, 0.1) is 0 Å². The molecule has 3 heteroatoms. The first-order valence-corrected chi connectivity index (χ1v) is 8.44. The maximum Gasteiger partial charge on any atom is 0.225 e. The van der Waals surface area contributed by atoms with E-state index in [1.165, 1.54) is 5.56 Å². The van der Waals surface area contributed by atoms with Gasteiger partial charge < -0.3 is 5.32 Å². The smallest absolute Gasteiger partial charge is 0.225 e. The number of carbonyl (C=O) groups excluding carboxylic acids is 2. The summed E-state index contributed by atoms with van der Waals surface area (Å²) in [6, 6.07) is 18.5. The van der Waals surface area contributed by atoms with Crippen LogP contribution in [0.5, 0.6) is 0 Å². The molecule has 0 saturated carbocycles. The minimum absolute atomic E-state index is 0.0144. The van der Waals surface area contributed by atoms with Crippen LogP contribution in [0, 0.1) is 0 Å². The van der Waals surface area contributed by atoms with Gasteiger partial charge in [-0.3, -0.25) is 9.59 Å². The molecule has 1 aliphatic heterocycles. The second-order valence-electron chi connectivity index (χ2n) is 6.46. The maximum atomic E-state index is 12.4. The third kappa shape index (κ3) is 2.67. The molecule has 0 bridgehead atoms. The molecule has 1 N–H and O–H groups in total. The largest absolute Gasteiger partial charge is 0.329 e. The fraction of sp³-hybridized carbons (Fsp3) is 0.238. The third-order valence-electron chi connectivity index (χ3n) is 4.90. The third-order valence-corrected chi connectivity index (χ3v) is 4.90. The van der Waals surface area contributed by atoms with Crippen LogP contribution in [0.4, 0.5) is 0 Å². The molecule has 0 fully saturated rings. The van der Waals surface area contributed by atoms with Crippen LogP contribution in [0.15, 0.2) is 65.9 Å². The number of benzene rings is 2. The van der Waals surface area contributed by atoms with Gasteiger partial charge in [-0.25, -0.2) is 0 Å². The van der Waals surface area contributed by atoms with E-state index < -0.39 is 0 Å². The van der Waals surface area contributed by atoms with Gasteiger partial charge in [0.2, 0.25) is 5.91 Å². The maximum absolute atomic E-state index is 12.4. The van der Waals surface area contributed by atoms with E-state index in [0.717, 1.165) is 35.2 Å². The van der Waals surface area contributed by atoms with Crippen LogP contribution in [-0.4, -0.2) is 11.7 Å². The molecule has 24 heavy (non-hydrogen) atoms. The highest BCUT2D eigenvalue weighted by molar-refractivity contribution is 6.01. The Hall–Kier alpha value is -2.68. The molecular weight excluding hydrogens is 298 g/mol. The molecule has 2 aromatic rings. The Morgan fingerprint density at radius 3 is 2.29 bits per heavy atom. The number of hydrogen-bond donors (Lipinski definition) is 1. The summed E-state index contributed by atoms with van der Waals surface area (Å²) in [6.45, 7) is 0. The lowest BCUT2D eigenvalue weighted by Crippen LogP contribution is -2.36. The Labute approximate surface area is 141 Å². The van der Waals surface area contributed by atoms with Gasteiger partial charge in [-0.05, 0) is 29.5 Å². The average molecular weight is 317 g/mol. The molecule has 0 saturated heterocycles. The lowest BCUT2D eigenvalue weighted by Gasteiger charge is -2.31. The van der Waals surface area contributed by atoms with Gasteiger partial charge in [0.25, 0.3) is 0 Å². The lowest BCUT2D eigenvalue weighted by molar-refractivity contribution is -0.122. The molecule has 2 aliphatic rings. The Kier molecular flexibility index (Phi) is 3.77. The van der Waals surface area contributed by atoms with Gasteiger partial charge >= 0.3 is 0 Å². The molecule has 3 nitrogen and oxygen atoms in total. The van der Waals surface area contributed by atoms with Crippen LogP contribution in [-0.2, 0) is 9.59 Å². The predicted octanol–water partition coefficient (Wildman–Crippen LogP) is 3.96. The number of ketones is 1. The summed E-state index contributed by atoms with van der Waals surface area (Å²) < 4.78 is 0. The molecule has 4 rings (SSSR count). The Morgan fingerprint density at radius 1 is 0.833 bits per heavy atom. The number of rotatable bonds is 2. The first-order valence-electron chi connectivity index (χ1n) is 8.44. The minimum atomic E-state index is -0.105. The van der Waals surface area contributed by atoms with Crippen LogP contribution in [0.2, 0.25) is 0 Å². The van der Waals surface area contributed by atoms with E-state index in [1.807, 2.05) is 18.2 Å². The Balaban J connectivity index is 1.70. The van der Waals surface area contributed by atoms with Gasteiger partial charge in [-0.15, -0.1) is 0 Å². The topological polar surface area (TPSA) is 46.2 Å². The fourth-order valence-electron chi connectivity index (χ4n) is 3.73. The molecule has 1 heterocycles. The monoisotopic (exact) mass is 317 g/mol. The van der Waals surface area contributed by atoms with Crippen LogP contribution < -0.4 is 5.32 Å². The molecule has 1 atom stereocenters. The summed E-state index contributed by atoms with van der Waals surface area (Å²) >= 11 is 0. The minimum Gasteiger partial charge on any atom is -0.329 e. The first-order chi connectivity index (χ1) is 11.7. The van der Waals surface area contributed by atoms with Crippen molar-refractivity contribution < 1.29 is 9.59 Å². The number of allylic oxidation sites excluding steroid dienone is 2. The normalized spacial score (nSPS) is 20.6. The average Bonchev–Trinajstić information content (AvgIpc) is 2.62. The summed E-state index contributed by atoms with van der Waals surface area (Å²) in [7, 11) is 0. The van der Waals surface area contributed by atoms with Crippen molar-refractivity contribution in [2.75, 3.05) is 0 Å². The summed E-state index contributed by atoms with van der Waals surface area (Å²) in [6.07, 6.45) is 2.57. The standard InChI is InChI=1S/C21H19NO2/c23-19-8-4-7-18-21(19)17(13-20(24)22-18)16-11-9-15(10-12-16)14-5-2-1-3-6-14/h1-3,5-6,9-12,17H,4,7-8,13H2,(H,22,24)/t17-/m1/s1. The number of carbonyl (C=O) groups is 2. The molecule has 0 aromatic heterocycles. The van der Waals surface area contributed by atoms with E-state index in [1.54, 1.807) is 0 Å². The van der Waals surface area contributed by atoms with Crippen molar-refractivity contribution in [3.05, 3.63) is 71.4 Å². The SMILES string of the molecule is O=C1C[C@H](c2ccc(-c3ccccc3)cc2)C2=C(CCCC2=O)N1. The van der Waals surface area contributed by atoms with Gasteiger partial charge in [0, 0.05) is 30.0 Å². The molecule has 0 unspecified atom stereocenters. The van der Waals surface area contributed by atoms with Crippen molar-refractivity contribution >= 4 is 11.7 Å². The molecular formula is C21H19NO2. The van der Waals surface area contributed by atoms with Crippen molar-refractivity contribution in [2.45, 2.75) is 31.6 Å². The molecule has 0 radical (unpaired) electrons. The zero-order valence-corrected chi connectivity index (χ0v) is 13.4. The van der Waals surface area contributed by atoms with Gasteiger partial charge in [-0.2, -0.15) is 0 Å². The second kappa shape index (κ2) is 6.08. The number of nitrogens with one attached hydrogen (secondary N) is 1. The van der Waals surface area contributed by atoms with E-state index in [9.17, 15) is 9.59 Å².